The summed E-state index contributed by atoms with van der Waals surface area (Å²) in [5.41, 5.74) is 0. The first-order valence-electron chi connectivity index (χ1n) is 5.61. The zero-order valence-electron chi connectivity index (χ0n) is 9.83. The first-order valence-corrected chi connectivity index (χ1v) is 6.14. The van der Waals surface area contributed by atoms with Gasteiger partial charge in [0.15, 0.2) is 0 Å². The average Bonchev–Trinajstić information content (AvgIpc) is 2.28. The molecule has 0 spiro atoms. The van der Waals surface area contributed by atoms with Crippen molar-refractivity contribution in [3.8, 4) is 0 Å². The summed E-state index contributed by atoms with van der Waals surface area (Å²) in [5, 5.41) is 2.85. The number of amides is 2. The van der Waals surface area contributed by atoms with Gasteiger partial charge in [0.25, 0.3) is 0 Å². The minimum atomic E-state index is -0.149. The molecule has 0 heterocycles. The van der Waals surface area contributed by atoms with Crippen LogP contribution in [0.15, 0.2) is 0 Å². The molecule has 0 saturated heterocycles. The lowest BCUT2D eigenvalue weighted by molar-refractivity contribution is -0.134. The largest absolute Gasteiger partial charge is 0.352 e. The summed E-state index contributed by atoms with van der Waals surface area (Å²) in [6.45, 7) is 0. The molecule has 2 unspecified atom stereocenters. The van der Waals surface area contributed by atoms with E-state index in [0.29, 0.717) is 0 Å². The van der Waals surface area contributed by atoms with Crippen LogP contribution in [0.4, 0.5) is 0 Å². The van der Waals surface area contributed by atoms with E-state index in [1.807, 2.05) is 0 Å². The zero-order valence-corrected chi connectivity index (χ0v) is 10.6. The van der Waals surface area contributed by atoms with Crippen LogP contribution in [0.2, 0.25) is 0 Å². The lowest BCUT2D eigenvalue weighted by atomic mass is 9.85. The molecule has 0 aromatic carbocycles. The predicted octanol–water partition coefficient (Wildman–Crippen LogP) is 0.988. The number of hydrogen-bond donors (Lipinski definition) is 1. The van der Waals surface area contributed by atoms with E-state index in [4.69, 9.17) is 11.6 Å². The maximum atomic E-state index is 11.8. The van der Waals surface area contributed by atoms with Gasteiger partial charge in [-0.2, -0.15) is 0 Å². The maximum absolute atomic E-state index is 11.8. The first-order chi connectivity index (χ1) is 7.54. The van der Waals surface area contributed by atoms with Crippen molar-refractivity contribution in [1.29, 1.82) is 0 Å². The average molecular weight is 247 g/mol. The monoisotopic (exact) mass is 246 g/mol. The lowest BCUT2D eigenvalue weighted by Crippen LogP contribution is -2.42. The smallest absolute Gasteiger partial charge is 0.235 e. The first kappa shape index (κ1) is 13.3. The van der Waals surface area contributed by atoms with Gasteiger partial charge in [0, 0.05) is 26.1 Å². The van der Waals surface area contributed by atoms with Gasteiger partial charge in [-0.05, 0) is 19.3 Å². The van der Waals surface area contributed by atoms with Gasteiger partial charge in [-0.25, -0.2) is 0 Å². The molecule has 1 rings (SSSR count). The van der Waals surface area contributed by atoms with Crippen LogP contribution in [0.1, 0.15) is 25.7 Å². The normalized spacial score (nSPS) is 24.9. The van der Waals surface area contributed by atoms with E-state index in [0.717, 1.165) is 25.7 Å². The van der Waals surface area contributed by atoms with Crippen molar-refractivity contribution >= 4 is 23.4 Å². The van der Waals surface area contributed by atoms with Gasteiger partial charge in [-0.3, -0.25) is 9.59 Å². The second-order valence-corrected chi connectivity index (χ2v) is 4.76. The Morgan fingerprint density at radius 2 is 2.06 bits per heavy atom. The predicted molar refractivity (Wildman–Crippen MR) is 63.3 cm³/mol. The zero-order chi connectivity index (χ0) is 12.1. The number of alkyl halides is 1. The molecule has 2 amide bonds. The second kappa shape index (κ2) is 6.09. The fourth-order valence-corrected chi connectivity index (χ4v) is 2.25. The molecule has 0 aromatic rings. The highest BCUT2D eigenvalue weighted by Crippen LogP contribution is 2.25. The summed E-state index contributed by atoms with van der Waals surface area (Å²) in [4.78, 5) is 24.6. The molecule has 92 valence electrons. The highest BCUT2D eigenvalue weighted by Gasteiger charge is 2.28. The van der Waals surface area contributed by atoms with E-state index in [1.165, 1.54) is 0 Å². The van der Waals surface area contributed by atoms with E-state index >= 15 is 0 Å². The van der Waals surface area contributed by atoms with Crippen molar-refractivity contribution in [1.82, 2.24) is 10.2 Å². The molecule has 1 aliphatic carbocycles. The van der Waals surface area contributed by atoms with Crippen molar-refractivity contribution in [2.24, 2.45) is 5.92 Å². The molecule has 16 heavy (non-hydrogen) atoms. The van der Waals surface area contributed by atoms with Gasteiger partial charge in [0.1, 0.15) is 5.88 Å². The summed E-state index contributed by atoms with van der Waals surface area (Å²) >= 11 is 5.43. The Balaban J connectivity index is 2.47. The minimum Gasteiger partial charge on any atom is -0.352 e. The Labute approximate surface area is 101 Å². The summed E-state index contributed by atoms with van der Waals surface area (Å²) < 4.78 is 0. The van der Waals surface area contributed by atoms with Gasteiger partial charge in [-0.15, -0.1) is 11.6 Å². The van der Waals surface area contributed by atoms with Gasteiger partial charge in [0.05, 0.1) is 0 Å². The van der Waals surface area contributed by atoms with Gasteiger partial charge < -0.3 is 10.2 Å². The molecule has 0 aromatic heterocycles. The SMILES string of the molecule is CN(C)C(=O)C1CCCC(NC(=O)CCl)C1. The molecule has 2 atom stereocenters. The standard InChI is InChI=1S/C11H19ClN2O2/c1-14(2)11(16)8-4-3-5-9(6-8)13-10(15)7-12/h8-9H,3-7H2,1-2H3,(H,13,15). The third kappa shape index (κ3) is 3.67. The Morgan fingerprint density at radius 3 is 2.62 bits per heavy atom. The summed E-state index contributed by atoms with van der Waals surface area (Å²) in [6, 6.07) is 0.105. The van der Waals surface area contributed by atoms with Crippen LogP contribution >= 0.6 is 11.6 Å². The van der Waals surface area contributed by atoms with Crippen LogP contribution in [0, 0.1) is 5.92 Å². The van der Waals surface area contributed by atoms with E-state index in [1.54, 1.807) is 19.0 Å². The van der Waals surface area contributed by atoms with E-state index in [2.05, 4.69) is 5.32 Å². The van der Waals surface area contributed by atoms with Gasteiger partial charge in [0.2, 0.25) is 11.8 Å². The third-order valence-electron chi connectivity index (χ3n) is 2.95. The second-order valence-electron chi connectivity index (χ2n) is 4.49. The number of halogens is 1. The summed E-state index contributed by atoms with van der Waals surface area (Å²) in [6.07, 6.45) is 3.58. The number of carbonyl (C=O) groups excluding carboxylic acids is 2. The molecule has 1 N–H and O–H groups in total. The van der Waals surface area contributed by atoms with Crippen molar-refractivity contribution in [2.75, 3.05) is 20.0 Å². The van der Waals surface area contributed by atoms with E-state index in [-0.39, 0.29) is 29.7 Å². The maximum Gasteiger partial charge on any atom is 0.235 e. The van der Waals surface area contributed by atoms with E-state index < -0.39 is 0 Å². The lowest BCUT2D eigenvalue weighted by Gasteiger charge is -2.30. The molecular formula is C11H19ClN2O2. The number of nitrogens with zero attached hydrogens (tertiary/aromatic N) is 1. The molecule has 1 fully saturated rings. The van der Waals surface area contributed by atoms with Gasteiger partial charge >= 0.3 is 0 Å². The number of rotatable bonds is 3. The summed E-state index contributed by atoms with van der Waals surface area (Å²) in [5.74, 6) is 0.0433. The Kier molecular flexibility index (Phi) is 5.06. The molecule has 0 aliphatic heterocycles. The number of nitrogens with one attached hydrogen (secondary N) is 1. The molecule has 5 heteroatoms. The summed E-state index contributed by atoms with van der Waals surface area (Å²) in [7, 11) is 3.53. The highest BCUT2D eigenvalue weighted by atomic mass is 35.5. The van der Waals surface area contributed by atoms with E-state index in [9.17, 15) is 9.59 Å². The van der Waals surface area contributed by atoms with Crippen molar-refractivity contribution in [3.63, 3.8) is 0 Å². The van der Waals surface area contributed by atoms with Crippen LogP contribution in [0.3, 0.4) is 0 Å². The van der Waals surface area contributed by atoms with Crippen molar-refractivity contribution in [3.05, 3.63) is 0 Å². The van der Waals surface area contributed by atoms with Crippen LogP contribution < -0.4 is 5.32 Å². The molecule has 4 nitrogen and oxygen atoms in total. The Hall–Kier alpha value is -0.770. The quantitative estimate of drug-likeness (QED) is 0.755. The Bertz CT molecular complexity index is 269. The number of carbonyl (C=O) groups is 2. The van der Waals surface area contributed by atoms with Crippen molar-refractivity contribution < 1.29 is 9.59 Å². The molecule has 0 radical (unpaired) electrons. The van der Waals surface area contributed by atoms with Crippen molar-refractivity contribution in [2.45, 2.75) is 31.7 Å². The van der Waals surface area contributed by atoms with Crippen LogP contribution in [0.5, 0.6) is 0 Å². The van der Waals surface area contributed by atoms with Gasteiger partial charge in [-0.1, -0.05) is 6.42 Å². The topological polar surface area (TPSA) is 49.4 Å². The van der Waals surface area contributed by atoms with Crippen LogP contribution in [-0.2, 0) is 9.59 Å². The fraction of sp³-hybridized carbons (Fsp3) is 0.818. The molecule has 1 saturated carbocycles. The molecule has 1 aliphatic rings. The van der Waals surface area contributed by atoms with Crippen LogP contribution in [0.25, 0.3) is 0 Å². The minimum absolute atomic E-state index is 0.0111. The highest BCUT2D eigenvalue weighted by molar-refractivity contribution is 6.27. The molecule has 0 bridgehead atoms. The fourth-order valence-electron chi connectivity index (χ4n) is 2.18. The number of hydrogen-bond acceptors (Lipinski definition) is 2. The Morgan fingerprint density at radius 1 is 1.38 bits per heavy atom. The molecular weight excluding hydrogens is 228 g/mol. The van der Waals surface area contributed by atoms with Crippen LogP contribution in [-0.4, -0.2) is 42.7 Å². The third-order valence-corrected chi connectivity index (χ3v) is 3.19.